The molecule has 0 aromatic rings. The van der Waals surface area contributed by atoms with Gasteiger partial charge in [0.05, 0.1) is 19.3 Å². The molecular formula is C16H24O5. The second-order valence-electron chi connectivity index (χ2n) is 6.27. The van der Waals surface area contributed by atoms with E-state index in [9.17, 15) is 9.59 Å². The molecule has 0 amide bonds. The minimum absolute atomic E-state index is 0.0951. The number of allylic oxidation sites excluding steroid dienone is 1. The zero-order valence-electron chi connectivity index (χ0n) is 13.2. The van der Waals surface area contributed by atoms with Gasteiger partial charge in [0, 0.05) is 11.8 Å². The second kappa shape index (κ2) is 7.00. The summed E-state index contributed by atoms with van der Waals surface area (Å²) in [4.78, 5) is 33.9. The number of rotatable bonds is 6. The van der Waals surface area contributed by atoms with Gasteiger partial charge in [-0.25, -0.2) is 14.6 Å². The van der Waals surface area contributed by atoms with Crippen LogP contribution in [0.15, 0.2) is 24.3 Å². The normalized spacial score (nSPS) is 22.7. The Morgan fingerprint density at radius 2 is 2.14 bits per heavy atom. The molecule has 1 unspecified atom stereocenters. The molecule has 5 nitrogen and oxygen atoms in total. The maximum Gasteiger partial charge on any atom is 0.341 e. The fourth-order valence-corrected chi connectivity index (χ4v) is 2.26. The molecule has 0 heterocycles. The average Bonchev–Trinajstić information content (AvgIpc) is 2.37. The van der Waals surface area contributed by atoms with Crippen LogP contribution < -0.4 is 0 Å². The molecule has 0 aromatic carbocycles. The largest absolute Gasteiger partial charge is 0.456 e. The van der Waals surface area contributed by atoms with Crippen LogP contribution in [0.4, 0.5) is 0 Å². The third kappa shape index (κ3) is 5.10. The standard InChI is InChI=1S/C16H24O5/c1-6-8-16(11-20-19-5)9-7-13(17)12(10-16)14(18)21-15(2,3)4/h6,10H,1,7-9,11H2,2-5H3. The summed E-state index contributed by atoms with van der Waals surface area (Å²) in [5, 5.41) is 0. The highest BCUT2D eigenvalue weighted by Gasteiger charge is 2.37. The Labute approximate surface area is 125 Å². The lowest BCUT2D eigenvalue weighted by atomic mass is 9.74. The SMILES string of the molecule is C=CCC1(COOC)C=C(C(=O)OC(C)(C)C)C(=O)CC1. The van der Waals surface area contributed by atoms with Gasteiger partial charge in [-0.15, -0.1) is 6.58 Å². The van der Waals surface area contributed by atoms with Crippen molar-refractivity contribution in [3.05, 3.63) is 24.3 Å². The third-order valence-corrected chi connectivity index (χ3v) is 3.23. The van der Waals surface area contributed by atoms with Gasteiger partial charge in [-0.2, -0.15) is 0 Å². The van der Waals surface area contributed by atoms with Gasteiger partial charge < -0.3 is 4.74 Å². The van der Waals surface area contributed by atoms with Crippen LogP contribution in [0.2, 0.25) is 0 Å². The molecule has 0 saturated carbocycles. The smallest absolute Gasteiger partial charge is 0.341 e. The first-order valence-electron chi connectivity index (χ1n) is 6.99. The molecular weight excluding hydrogens is 272 g/mol. The lowest BCUT2D eigenvalue weighted by Crippen LogP contribution is -2.34. The van der Waals surface area contributed by atoms with Gasteiger partial charge in [-0.05, 0) is 33.6 Å². The van der Waals surface area contributed by atoms with Crippen LogP contribution in [0.3, 0.4) is 0 Å². The van der Waals surface area contributed by atoms with Crippen molar-refractivity contribution >= 4 is 11.8 Å². The minimum atomic E-state index is -0.639. The highest BCUT2D eigenvalue weighted by molar-refractivity contribution is 6.18. The second-order valence-corrected chi connectivity index (χ2v) is 6.27. The van der Waals surface area contributed by atoms with E-state index in [1.807, 2.05) is 0 Å². The van der Waals surface area contributed by atoms with Crippen molar-refractivity contribution in [1.29, 1.82) is 0 Å². The lowest BCUT2D eigenvalue weighted by molar-refractivity contribution is -0.286. The molecule has 5 heteroatoms. The van der Waals surface area contributed by atoms with Crippen molar-refractivity contribution in [3.8, 4) is 0 Å². The molecule has 1 aliphatic rings. The first kappa shape index (κ1) is 17.6. The summed E-state index contributed by atoms with van der Waals surface area (Å²) in [7, 11) is 1.42. The van der Waals surface area contributed by atoms with Gasteiger partial charge in [0.25, 0.3) is 0 Å². The Balaban J connectivity index is 3.05. The monoisotopic (exact) mass is 296 g/mol. The molecule has 1 rings (SSSR count). The predicted octanol–water partition coefficient (Wildman–Crippen LogP) is 2.76. The maximum atomic E-state index is 12.2. The number of Topliss-reactive ketones (excluding diaryl/α,β-unsaturated/α-hetero) is 1. The quantitative estimate of drug-likeness (QED) is 0.248. The molecule has 0 spiro atoms. The van der Waals surface area contributed by atoms with Gasteiger partial charge >= 0.3 is 5.97 Å². The highest BCUT2D eigenvalue weighted by Crippen LogP contribution is 2.37. The molecule has 0 bridgehead atoms. The zero-order valence-corrected chi connectivity index (χ0v) is 13.2. The van der Waals surface area contributed by atoms with E-state index < -0.39 is 17.0 Å². The summed E-state index contributed by atoms with van der Waals surface area (Å²) >= 11 is 0. The number of ketones is 1. The summed E-state index contributed by atoms with van der Waals surface area (Å²) in [5.41, 5.74) is -1.00. The maximum absolute atomic E-state index is 12.2. The van der Waals surface area contributed by atoms with Crippen LogP contribution in [0.25, 0.3) is 0 Å². The molecule has 0 radical (unpaired) electrons. The van der Waals surface area contributed by atoms with Crippen LogP contribution in [0.5, 0.6) is 0 Å². The number of carbonyl (C=O) groups is 2. The molecule has 0 aliphatic heterocycles. The highest BCUT2D eigenvalue weighted by atomic mass is 17.2. The number of ether oxygens (including phenoxy) is 1. The number of carbonyl (C=O) groups excluding carboxylic acids is 2. The van der Waals surface area contributed by atoms with E-state index in [-0.39, 0.29) is 24.4 Å². The fourth-order valence-electron chi connectivity index (χ4n) is 2.26. The molecule has 0 saturated heterocycles. The van der Waals surface area contributed by atoms with Gasteiger partial charge in [0.1, 0.15) is 5.60 Å². The third-order valence-electron chi connectivity index (χ3n) is 3.23. The Bertz CT molecular complexity index is 444. The Morgan fingerprint density at radius 1 is 1.48 bits per heavy atom. The Kier molecular flexibility index (Phi) is 5.87. The van der Waals surface area contributed by atoms with Crippen LogP contribution in [-0.2, 0) is 24.1 Å². The number of hydrogen-bond acceptors (Lipinski definition) is 5. The van der Waals surface area contributed by atoms with Crippen LogP contribution in [0.1, 0.15) is 40.0 Å². The van der Waals surface area contributed by atoms with Gasteiger partial charge in [0.15, 0.2) is 5.78 Å². The summed E-state index contributed by atoms with van der Waals surface area (Å²) in [6, 6.07) is 0. The van der Waals surface area contributed by atoms with Crippen molar-refractivity contribution in [3.63, 3.8) is 0 Å². The molecule has 0 aromatic heterocycles. The van der Waals surface area contributed by atoms with E-state index in [0.717, 1.165) is 0 Å². The van der Waals surface area contributed by atoms with E-state index in [0.29, 0.717) is 12.8 Å². The molecule has 118 valence electrons. The van der Waals surface area contributed by atoms with Gasteiger partial charge in [-0.3, -0.25) is 4.79 Å². The number of hydrogen-bond donors (Lipinski definition) is 0. The lowest BCUT2D eigenvalue weighted by Gasteiger charge is -2.33. The molecule has 0 N–H and O–H groups in total. The summed E-state index contributed by atoms with van der Waals surface area (Å²) < 4.78 is 5.30. The van der Waals surface area contributed by atoms with E-state index in [1.165, 1.54) is 7.11 Å². The van der Waals surface area contributed by atoms with Crippen molar-refractivity contribution < 1.29 is 24.1 Å². The van der Waals surface area contributed by atoms with Crippen molar-refractivity contribution in [2.75, 3.05) is 13.7 Å². The Hall–Kier alpha value is -1.46. The number of esters is 1. The summed E-state index contributed by atoms with van der Waals surface area (Å²) in [6.45, 7) is 9.29. The Morgan fingerprint density at radius 3 is 2.67 bits per heavy atom. The van der Waals surface area contributed by atoms with Gasteiger partial charge in [-0.1, -0.05) is 12.2 Å². The first-order valence-corrected chi connectivity index (χ1v) is 6.99. The van der Waals surface area contributed by atoms with E-state index in [2.05, 4.69) is 11.5 Å². The van der Waals surface area contributed by atoms with E-state index in [1.54, 1.807) is 32.9 Å². The average molecular weight is 296 g/mol. The topological polar surface area (TPSA) is 61.8 Å². The molecule has 1 atom stereocenters. The minimum Gasteiger partial charge on any atom is -0.456 e. The van der Waals surface area contributed by atoms with Crippen LogP contribution in [-0.4, -0.2) is 31.1 Å². The fraction of sp³-hybridized carbons (Fsp3) is 0.625. The molecule has 0 fully saturated rings. The van der Waals surface area contributed by atoms with Crippen molar-refractivity contribution in [1.82, 2.24) is 0 Å². The van der Waals surface area contributed by atoms with Crippen LogP contribution >= 0.6 is 0 Å². The summed E-state index contributed by atoms with van der Waals surface area (Å²) in [6.07, 6.45) is 4.88. The van der Waals surface area contributed by atoms with E-state index >= 15 is 0 Å². The predicted molar refractivity (Wildman–Crippen MR) is 78.4 cm³/mol. The molecule has 1 aliphatic carbocycles. The van der Waals surface area contributed by atoms with Crippen LogP contribution in [0, 0.1) is 5.41 Å². The first-order chi connectivity index (χ1) is 9.73. The molecule has 21 heavy (non-hydrogen) atoms. The summed E-state index contributed by atoms with van der Waals surface area (Å²) in [5.74, 6) is -0.778. The van der Waals surface area contributed by atoms with Crippen molar-refractivity contribution in [2.45, 2.75) is 45.6 Å². The van der Waals surface area contributed by atoms with E-state index in [4.69, 9.17) is 9.62 Å². The van der Waals surface area contributed by atoms with Crippen molar-refractivity contribution in [2.24, 2.45) is 5.41 Å². The van der Waals surface area contributed by atoms with Gasteiger partial charge in [0.2, 0.25) is 0 Å². The zero-order chi connectivity index (χ0) is 16.1.